The first-order valence-corrected chi connectivity index (χ1v) is 9.80. The van der Waals surface area contributed by atoms with Crippen LogP contribution in [0, 0.1) is 11.3 Å². The van der Waals surface area contributed by atoms with E-state index in [1.807, 2.05) is 24.3 Å². The van der Waals surface area contributed by atoms with Crippen LogP contribution in [0.25, 0.3) is 0 Å². The lowest BCUT2D eigenvalue weighted by Gasteiger charge is -2.24. The molecule has 4 amide bonds. The Morgan fingerprint density at radius 3 is 2.52 bits per heavy atom. The van der Waals surface area contributed by atoms with Gasteiger partial charge in [0.1, 0.15) is 23.4 Å². The van der Waals surface area contributed by atoms with E-state index < -0.39 is 28.9 Å². The predicted molar refractivity (Wildman–Crippen MR) is 105 cm³/mol. The van der Waals surface area contributed by atoms with Crippen molar-refractivity contribution in [2.75, 3.05) is 13.7 Å². The summed E-state index contributed by atoms with van der Waals surface area (Å²) >= 11 is 0. The van der Waals surface area contributed by atoms with E-state index in [9.17, 15) is 19.6 Å². The standard InChI is InChI=1S/C21H26N4O4/c1-20(12-9-15-5-7-16(29-2)8-6-15)18(27)25(19(28)24-20)13-17(26)23-21(14-22)10-3-4-11-21/h5-8H,3-4,9-13H2,1-2H3,(H,23,26)(H,24,28)/t20-/m0/s1. The number of methoxy groups -OCH3 is 1. The topological polar surface area (TPSA) is 112 Å². The summed E-state index contributed by atoms with van der Waals surface area (Å²) in [6.45, 7) is 1.29. The Labute approximate surface area is 170 Å². The molecule has 0 aromatic heterocycles. The Morgan fingerprint density at radius 2 is 1.93 bits per heavy atom. The number of nitrogens with one attached hydrogen (secondary N) is 2. The molecule has 0 unspecified atom stereocenters. The largest absolute Gasteiger partial charge is 0.497 e. The van der Waals surface area contributed by atoms with E-state index in [0.29, 0.717) is 25.7 Å². The second kappa shape index (κ2) is 8.11. The number of urea groups is 1. The highest BCUT2D eigenvalue weighted by atomic mass is 16.5. The van der Waals surface area contributed by atoms with Crippen LogP contribution in [-0.2, 0) is 16.0 Å². The van der Waals surface area contributed by atoms with Crippen molar-refractivity contribution in [1.29, 1.82) is 5.26 Å². The molecule has 8 heteroatoms. The summed E-state index contributed by atoms with van der Waals surface area (Å²) in [6.07, 6.45) is 3.93. The number of carbonyl (C=O) groups is 3. The van der Waals surface area contributed by atoms with Crippen molar-refractivity contribution in [3.05, 3.63) is 29.8 Å². The lowest BCUT2D eigenvalue weighted by Crippen LogP contribution is -2.50. The Hall–Kier alpha value is -3.08. The van der Waals surface area contributed by atoms with Crippen LogP contribution < -0.4 is 15.4 Å². The molecule has 0 spiro atoms. The zero-order chi connectivity index (χ0) is 21.1. The van der Waals surface area contributed by atoms with Gasteiger partial charge in [-0.25, -0.2) is 4.79 Å². The highest BCUT2D eigenvalue weighted by Crippen LogP contribution is 2.29. The maximum atomic E-state index is 12.9. The van der Waals surface area contributed by atoms with Crippen LogP contribution in [0.15, 0.2) is 24.3 Å². The molecular formula is C21H26N4O4. The van der Waals surface area contributed by atoms with Crippen LogP contribution in [0.2, 0.25) is 0 Å². The SMILES string of the molecule is COc1ccc(CC[C@]2(C)NC(=O)N(CC(=O)NC3(C#N)CCCC3)C2=O)cc1. The quantitative estimate of drug-likeness (QED) is 0.681. The highest BCUT2D eigenvalue weighted by Gasteiger charge is 2.48. The summed E-state index contributed by atoms with van der Waals surface area (Å²) in [7, 11) is 1.60. The van der Waals surface area contributed by atoms with Crippen molar-refractivity contribution in [2.45, 2.75) is 56.5 Å². The van der Waals surface area contributed by atoms with E-state index in [4.69, 9.17) is 4.74 Å². The lowest BCUT2D eigenvalue weighted by molar-refractivity contribution is -0.135. The van der Waals surface area contributed by atoms with Crippen LogP contribution in [0.4, 0.5) is 4.79 Å². The van der Waals surface area contributed by atoms with Crippen LogP contribution >= 0.6 is 0 Å². The highest BCUT2D eigenvalue weighted by molar-refractivity contribution is 6.08. The molecule has 1 aliphatic heterocycles. The minimum absolute atomic E-state index is 0.383. The molecule has 1 heterocycles. The van der Waals surface area contributed by atoms with Crippen molar-refractivity contribution in [3.8, 4) is 11.8 Å². The number of aryl methyl sites for hydroxylation is 1. The van der Waals surface area contributed by atoms with Gasteiger partial charge in [-0.15, -0.1) is 0 Å². The molecule has 0 radical (unpaired) electrons. The number of imide groups is 1. The first kappa shape index (κ1) is 20.6. The van der Waals surface area contributed by atoms with Crippen molar-refractivity contribution in [1.82, 2.24) is 15.5 Å². The summed E-state index contributed by atoms with van der Waals surface area (Å²) in [5.41, 5.74) is -0.937. The maximum Gasteiger partial charge on any atom is 0.325 e. The Kier molecular flexibility index (Phi) is 5.78. The molecule has 2 N–H and O–H groups in total. The van der Waals surface area contributed by atoms with E-state index in [-0.39, 0.29) is 6.54 Å². The van der Waals surface area contributed by atoms with Gasteiger partial charge in [0, 0.05) is 0 Å². The molecule has 2 aliphatic rings. The van der Waals surface area contributed by atoms with Crippen LogP contribution in [0.3, 0.4) is 0 Å². The lowest BCUT2D eigenvalue weighted by atomic mass is 9.93. The van der Waals surface area contributed by atoms with Gasteiger partial charge in [0.25, 0.3) is 5.91 Å². The molecule has 154 valence electrons. The van der Waals surface area contributed by atoms with Crippen LogP contribution in [-0.4, -0.2) is 47.5 Å². The normalized spacial score (nSPS) is 22.9. The van der Waals surface area contributed by atoms with Crippen LogP contribution in [0.5, 0.6) is 5.75 Å². The molecule has 8 nitrogen and oxygen atoms in total. The summed E-state index contributed by atoms with van der Waals surface area (Å²) < 4.78 is 5.14. The first-order valence-electron chi connectivity index (χ1n) is 9.80. The number of carbonyl (C=O) groups excluding carboxylic acids is 3. The number of nitriles is 1. The van der Waals surface area contributed by atoms with Gasteiger partial charge in [0.05, 0.1) is 13.2 Å². The molecular weight excluding hydrogens is 372 g/mol. The second-order valence-electron chi connectivity index (χ2n) is 7.95. The molecule has 0 bridgehead atoms. The van der Waals surface area contributed by atoms with Gasteiger partial charge in [-0.3, -0.25) is 14.5 Å². The van der Waals surface area contributed by atoms with E-state index >= 15 is 0 Å². The van der Waals surface area contributed by atoms with Gasteiger partial charge in [-0.2, -0.15) is 5.26 Å². The fourth-order valence-corrected chi connectivity index (χ4v) is 3.94. The third-order valence-electron chi connectivity index (χ3n) is 5.77. The minimum atomic E-state index is -1.07. The van der Waals surface area contributed by atoms with E-state index in [1.165, 1.54) is 0 Å². The molecule has 1 atom stereocenters. The van der Waals surface area contributed by atoms with Crippen molar-refractivity contribution < 1.29 is 19.1 Å². The molecule has 1 aliphatic carbocycles. The molecule has 29 heavy (non-hydrogen) atoms. The van der Waals surface area contributed by atoms with Gasteiger partial charge in [-0.1, -0.05) is 12.1 Å². The van der Waals surface area contributed by atoms with E-state index in [0.717, 1.165) is 29.1 Å². The van der Waals surface area contributed by atoms with E-state index in [1.54, 1.807) is 14.0 Å². The third kappa shape index (κ3) is 4.34. The average Bonchev–Trinajstić information content (AvgIpc) is 3.26. The molecule has 1 aromatic rings. The predicted octanol–water partition coefficient (Wildman–Crippen LogP) is 1.89. The molecule has 3 rings (SSSR count). The number of hydrogen-bond acceptors (Lipinski definition) is 5. The second-order valence-corrected chi connectivity index (χ2v) is 7.95. The van der Waals surface area contributed by atoms with Gasteiger partial charge in [-0.05, 0) is 63.1 Å². The molecule has 1 saturated carbocycles. The summed E-state index contributed by atoms with van der Waals surface area (Å²) in [4.78, 5) is 38.6. The zero-order valence-corrected chi connectivity index (χ0v) is 16.8. The summed E-state index contributed by atoms with van der Waals surface area (Å²) in [5.74, 6) is -0.167. The molecule has 1 aromatic carbocycles. The number of nitrogens with zero attached hydrogens (tertiary/aromatic N) is 2. The Balaban J connectivity index is 1.60. The summed E-state index contributed by atoms with van der Waals surface area (Å²) in [6, 6.07) is 9.11. The van der Waals surface area contributed by atoms with Gasteiger partial charge in [0.15, 0.2) is 0 Å². The smallest absolute Gasteiger partial charge is 0.325 e. The molecule has 2 fully saturated rings. The van der Waals surface area contributed by atoms with Gasteiger partial charge in [0.2, 0.25) is 5.91 Å². The Bertz CT molecular complexity index is 839. The van der Waals surface area contributed by atoms with E-state index in [2.05, 4.69) is 16.7 Å². The number of ether oxygens (including phenoxy) is 1. The maximum absolute atomic E-state index is 12.9. The number of amides is 4. The summed E-state index contributed by atoms with van der Waals surface area (Å²) in [5, 5.41) is 14.8. The Morgan fingerprint density at radius 1 is 1.28 bits per heavy atom. The van der Waals surface area contributed by atoms with Gasteiger partial charge < -0.3 is 15.4 Å². The van der Waals surface area contributed by atoms with Crippen LogP contribution in [0.1, 0.15) is 44.6 Å². The number of benzene rings is 1. The van der Waals surface area contributed by atoms with Crippen molar-refractivity contribution in [2.24, 2.45) is 0 Å². The average molecular weight is 398 g/mol. The fraction of sp³-hybridized carbons (Fsp3) is 0.524. The third-order valence-corrected chi connectivity index (χ3v) is 5.77. The fourth-order valence-electron chi connectivity index (χ4n) is 3.94. The van der Waals surface area contributed by atoms with Crippen molar-refractivity contribution in [3.63, 3.8) is 0 Å². The first-order chi connectivity index (χ1) is 13.8. The minimum Gasteiger partial charge on any atom is -0.497 e. The molecule has 1 saturated heterocycles. The van der Waals surface area contributed by atoms with Crippen molar-refractivity contribution >= 4 is 17.8 Å². The number of hydrogen-bond donors (Lipinski definition) is 2. The van der Waals surface area contributed by atoms with Gasteiger partial charge >= 0.3 is 6.03 Å². The zero-order valence-electron chi connectivity index (χ0n) is 16.8. The number of rotatable bonds is 7. The monoisotopic (exact) mass is 398 g/mol.